The van der Waals surface area contributed by atoms with E-state index in [1.165, 1.54) is 9.80 Å². The van der Waals surface area contributed by atoms with Gasteiger partial charge in [0.2, 0.25) is 5.88 Å². The lowest BCUT2D eigenvalue weighted by Gasteiger charge is -2.31. The lowest BCUT2D eigenvalue weighted by atomic mass is 10.1. The number of ether oxygens (including phenoxy) is 1. The van der Waals surface area contributed by atoms with Crippen LogP contribution in [0, 0.1) is 0 Å². The molecule has 2 aromatic rings. The molecule has 132 valence electrons. The van der Waals surface area contributed by atoms with E-state index in [9.17, 15) is 14.4 Å². The van der Waals surface area contributed by atoms with E-state index >= 15 is 0 Å². The lowest BCUT2D eigenvalue weighted by molar-refractivity contribution is 0.0379. The van der Waals surface area contributed by atoms with Crippen molar-refractivity contribution in [1.29, 1.82) is 0 Å². The van der Waals surface area contributed by atoms with Crippen LogP contribution < -0.4 is 4.74 Å². The number of carbonyl (C=O) groups is 3. The summed E-state index contributed by atoms with van der Waals surface area (Å²) in [6.45, 7) is 1.99. The minimum absolute atomic E-state index is 0.204. The minimum atomic E-state index is -0.581. The Balaban J connectivity index is 1.67. The van der Waals surface area contributed by atoms with E-state index in [0.29, 0.717) is 16.7 Å². The fraction of sp³-hybridized carbons (Fsp3) is 0.263. The average Bonchev–Trinajstić information content (AvgIpc) is 2.83. The van der Waals surface area contributed by atoms with Gasteiger partial charge in [0.15, 0.2) is 0 Å². The highest BCUT2D eigenvalue weighted by molar-refractivity contribution is 6.21. The minimum Gasteiger partial charge on any atom is -0.470 e. The SMILES string of the molecule is CC(C1CN(C)C(=O)c2cccnc2O1)N1C(=O)c2ccccc2C1=O. The molecule has 1 aromatic heterocycles. The molecular weight excluding hydrogens is 334 g/mol. The van der Waals surface area contributed by atoms with Crippen molar-refractivity contribution in [2.75, 3.05) is 13.6 Å². The maximum atomic E-state index is 12.7. The van der Waals surface area contributed by atoms with Gasteiger partial charge in [0.05, 0.1) is 23.7 Å². The molecule has 3 amide bonds. The molecule has 0 fully saturated rings. The third-order valence-electron chi connectivity index (χ3n) is 4.84. The molecule has 7 nitrogen and oxygen atoms in total. The summed E-state index contributed by atoms with van der Waals surface area (Å²) in [6, 6.07) is 9.49. The van der Waals surface area contributed by atoms with Gasteiger partial charge in [-0.1, -0.05) is 12.1 Å². The molecule has 26 heavy (non-hydrogen) atoms. The fourth-order valence-electron chi connectivity index (χ4n) is 3.38. The Labute approximate surface area is 150 Å². The number of amides is 3. The van der Waals surface area contributed by atoms with Gasteiger partial charge in [-0.25, -0.2) is 4.98 Å². The van der Waals surface area contributed by atoms with Gasteiger partial charge in [0.25, 0.3) is 17.7 Å². The molecule has 0 aliphatic carbocycles. The number of imide groups is 1. The molecule has 4 rings (SSSR count). The maximum Gasteiger partial charge on any atom is 0.261 e. The second kappa shape index (κ2) is 5.94. The van der Waals surface area contributed by atoms with Crippen LogP contribution in [0.2, 0.25) is 0 Å². The Hall–Kier alpha value is -3.22. The highest BCUT2D eigenvalue weighted by Gasteiger charge is 2.43. The Bertz CT molecular complexity index is 892. The van der Waals surface area contributed by atoms with Crippen LogP contribution in [0.25, 0.3) is 0 Å². The number of nitrogens with zero attached hydrogens (tertiary/aromatic N) is 3. The third-order valence-corrected chi connectivity index (χ3v) is 4.84. The number of rotatable bonds is 2. The van der Waals surface area contributed by atoms with Crippen molar-refractivity contribution in [3.63, 3.8) is 0 Å². The van der Waals surface area contributed by atoms with E-state index in [0.717, 1.165) is 0 Å². The first-order valence-electron chi connectivity index (χ1n) is 8.33. The summed E-state index contributed by atoms with van der Waals surface area (Å²) in [5.41, 5.74) is 1.15. The van der Waals surface area contributed by atoms with E-state index in [1.807, 2.05) is 0 Å². The van der Waals surface area contributed by atoms with Crippen LogP contribution in [0.15, 0.2) is 42.6 Å². The standard InChI is InChI=1S/C19H17N3O4/c1-11(22-18(24)12-6-3-4-7-13(12)19(22)25)15-10-21(2)17(23)14-8-5-9-20-16(14)26-15/h3-9,11,15H,10H2,1-2H3. The number of hydrogen-bond donors (Lipinski definition) is 0. The van der Waals surface area contributed by atoms with Crippen LogP contribution in [0.3, 0.4) is 0 Å². The molecular formula is C19H17N3O4. The molecule has 2 aliphatic heterocycles. The molecule has 0 saturated carbocycles. The van der Waals surface area contributed by atoms with Crippen LogP contribution in [-0.2, 0) is 0 Å². The van der Waals surface area contributed by atoms with Gasteiger partial charge >= 0.3 is 0 Å². The number of carbonyl (C=O) groups excluding carboxylic acids is 3. The predicted octanol–water partition coefficient (Wildman–Crippen LogP) is 1.60. The first-order chi connectivity index (χ1) is 12.5. The van der Waals surface area contributed by atoms with Crippen molar-refractivity contribution in [2.45, 2.75) is 19.1 Å². The first-order valence-corrected chi connectivity index (χ1v) is 8.33. The quantitative estimate of drug-likeness (QED) is 0.768. The van der Waals surface area contributed by atoms with Gasteiger partial charge in [0, 0.05) is 13.2 Å². The average molecular weight is 351 g/mol. The summed E-state index contributed by atoms with van der Waals surface area (Å²) in [7, 11) is 1.66. The topological polar surface area (TPSA) is 79.8 Å². The second-order valence-electron chi connectivity index (χ2n) is 6.46. The summed E-state index contributed by atoms with van der Waals surface area (Å²) in [5.74, 6) is -0.678. The molecule has 1 aromatic carbocycles. The molecule has 2 aliphatic rings. The molecule has 3 heterocycles. The zero-order chi connectivity index (χ0) is 18.4. The number of pyridine rings is 1. The number of benzene rings is 1. The number of aromatic nitrogens is 1. The van der Waals surface area contributed by atoms with Gasteiger partial charge in [-0.3, -0.25) is 19.3 Å². The van der Waals surface area contributed by atoms with Crippen LogP contribution in [0.1, 0.15) is 38.0 Å². The van der Waals surface area contributed by atoms with Crippen LogP contribution in [-0.4, -0.2) is 58.2 Å². The van der Waals surface area contributed by atoms with Crippen molar-refractivity contribution in [3.8, 4) is 5.88 Å². The smallest absolute Gasteiger partial charge is 0.261 e. The van der Waals surface area contributed by atoms with E-state index in [1.54, 1.807) is 56.6 Å². The highest BCUT2D eigenvalue weighted by Crippen LogP contribution is 2.29. The monoisotopic (exact) mass is 351 g/mol. The largest absolute Gasteiger partial charge is 0.470 e. The van der Waals surface area contributed by atoms with Crippen LogP contribution >= 0.6 is 0 Å². The van der Waals surface area contributed by atoms with Crippen molar-refractivity contribution in [1.82, 2.24) is 14.8 Å². The van der Waals surface area contributed by atoms with Crippen molar-refractivity contribution in [3.05, 3.63) is 59.3 Å². The molecule has 0 spiro atoms. The normalized spacial score (nSPS) is 20.4. The third kappa shape index (κ3) is 2.35. The zero-order valence-electron chi connectivity index (χ0n) is 14.4. The second-order valence-corrected chi connectivity index (χ2v) is 6.46. The summed E-state index contributed by atoms with van der Waals surface area (Å²) in [4.78, 5) is 44.8. The van der Waals surface area contributed by atoms with Gasteiger partial charge in [-0.2, -0.15) is 0 Å². The summed E-state index contributed by atoms with van der Waals surface area (Å²) in [5, 5.41) is 0. The Morgan fingerprint density at radius 1 is 1.00 bits per heavy atom. The molecule has 0 radical (unpaired) electrons. The summed E-state index contributed by atoms with van der Waals surface area (Å²) >= 11 is 0. The zero-order valence-corrected chi connectivity index (χ0v) is 14.4. The number of likely N-dealkylation sites (N-methyl/N-ethyl adjacent to an activating group) is 1. The predicted molar refractivity (Wildman–Crippen MR) is 92.0 cm³/mol. The van der Waals surface area contributed by atoms with Crippen molar-refractivity contribution < 1.29 is 19.1 Å². The maximum absolute atomic E-state index is 12.7. The van der Waals surface area contributed by atoms with E-state index in [-0.39, 0.29) is 30.1 Å². The van der Waals surface area contributed by atoms with Crippen molar-refractivity contribution in [2.24, 2.45) is 0 Å². The molecule has 2 unspecified atom stereocenters. The number of fused-ring (bicyclic) bond motifs is 2. The summed E-state index contributed by atoms with van der Waals surface area (Å²) < 4.78 is 5.95. The van der Waals surface area contributed by atoms with Crippen LogP contribution in [0.5, 0.6) is 5.88 Å². The van der Waals surface area contributed by atoms with Crippen molar-refractivity contribution >= 4 is 17.7 Å². The van der Waals surface area contributed by atoms with Crippen LogP contribution in [0.4, 0.5) is 0 Å². The van der Waals surface area contributed by atoms with Gasteiger partial charge in [-0.15, -0.1) is 0 Å². The van der Waals surface area contributed by atoms with E-state index in [2.05, 4.69) is 4.98 Å². The highest BCUT2D eigenvalue weighted by atomic mass is 16.5. The number of hydrogen-bond acceptors (Lipinski definition) is 5. The molecule has 2 atom stereocenters. The van der Waals surface area contributed by atoms with E-state index in [4.69, 9.17) is 4.74 Å². The Morgan fingerprint density at radius 2 is 1.62 bits per heavy atom. The van der Waals surface area contributed by atoms with Gasteiger partial charge in [0.1, 0.15) is 11.7 Å². The van der Waals surface area contributed by atoms with Gasteiger partial charge < -0.3 is 9.64 Å². The fourth-order valence-corrected chi connectivity index (χ4v) is 3.38. The van der Waals surface area contributed by atoms with E-state index < -0.39 is 12.1 Å². The molecule has 0 bridgehead atoms. The lowest BCUT2D eigenvalue weighted by Crippen LogP contribution is -2.51. The molecule has 0 N–H and O–H groups in total. The van der Waals surface area contributed by atoms with Gasteiger partial charge in [-0.05, 0) is 31.2 Å². The first kappa shape index (κ1) is 16.3. The molecule has 7 heteroatoms. The Morgan fingerprint density at radius 3 is 2.27 bits per heavy atom. The molecule has 0 saturated heterocycles. The Kier molecular flexibility index (Phi) is 3.72. The summed E-state index contributed by atoms with van der Waals surface area (Å²) in [6.07, 6.45) is 0.962.